The predicted octanol–water partition coefficient (Wildman–Crippen LogP) is 9.32. The number of pyridine rings is 3. The Morgan fingerprint density at radius 2 is 1.65 bits per heavy atom. The zero-order chi connectivity index (χ0) is 31.9. The summed E-state index contributed by atoms with van der Waals surface area (Å²) in [6.07, 6.45) is 3.68. The number of nitrogens with zero attached hydrogens (tertiary/aromatic N) is 3. The van der Waals surface area contributed by atoms with Gasteiger partial charge in [0.2, 0.25) is 11.7 Å². The molecule has 1 radical (unpaired) electrons. The fraction of sp³-hybridized carbons (Fsp3) is 0.250. The van der Waals surface area contributed by atoms with Crippen LogP contribution in [0, 0.1) is 18.1 Å². The molecule has 0 aliphatic carbocycles. The predicted molar refractivity (Wildman–Crippen MR) is 173 cm³/mol. The maximum absolute atomic E-state index is 13.4. The van der Waals surface area contributed by atoms with Crippen LogP contribution in [0.15, 0.2) is 83.5 Å². The van der Waals surface area contributed by atoms with Crippen molar-refractivity contribution in [2.24, 2.45) is 0 Å². The summed E-state index contributed by atoms with van der Waals surface area (Å²) in [4.78, 5) is 12.8. The molecule has 0 bridgehead atoms. The van der Waals surface area contributed by atoms with E-state index in [0.717, 1.165) is 33.2 Å². The number of hydrogen-bond acceptors (Lipinski definition) is 4. The Balaban J connectivity index is 0.000000204. The van der Waals surface area contributed by atoms with E-state index in [2.05, 4.69) is 50.4 Å². The van der Waals surface area contributed by atoms with Gasteiger partial charge in [0.15, 0.2) is 0 Å². The van der Waals surface area contributed by atoms with Crippen LogP contribution in [0.2, 0.25) is 17.3 Å². The number of rotatable bonds is 5. The molecular weight excluding hydrogens is 774 g/mol. The zero-order valence-corrected chi connectivity index (χ0v) is 30.0. The first-order valence-electron chi connectivity index (χ1n) is 15.0. The van der Waals surface area contributed by atoms with Crippen LogP contribution in [-0.4, -0.2) is 28.2 Å². The van der Waals surface area contributed by atoms with Crippen molar-refractivity contribution >= 4 is 39.7 Å². The Morgan fingerprint density at radius 1 is 0.860 bits per heavy atom. The molecule has 0 spiro atoms. The standard InChI is InChI=1S/C19H14FN2O.C17H22GeN.Ir/c1-11(2)12-8-9-21-16(10-12)15-5-3-4-13-14-6-7-17(20)22-19(14)23-18(13)15;1-13(2)15-11-17(14-9-7-6-8-10-14)19-12-16(15)18(3,4)5;/h3-4,6-11H,1-2H3;6-9,11-13H,1-5H3;/q2*-1;/i11D;13D;. The van der Waals surface area contributed by atoms with E-state index in [1.54, 1.807) is 18.3 Å². The third-order valence-electron chi connectivity index (χ3n) is 7.09. The van der Waals surface area contributed by atoms with Crippen molar-refractivity contribution in [1.29, 1.82) is 0 Å². The largest absolute Gasteiger partial charge is 0.486 e. The van der Waals surface area contributed by atoms with Gasteiger partial charge in [-0.25, -0.2) is 0 Å². The molecule has 0 saturated carbocycles. The maximum atomic E-state index is 13.4. The second kappa shape index (κ2) is 13.6. The molecule has 7 heteroatoms. The first kappa shape index (κ1) is 29.9. The van der Waals surface area contributed by atoms with Crippen LogP contribution in [0.25, 0.3) is 44.6 Å². The third-order valence-corrected chi connectivity index (χ3v) is 11.3. The molecule has 2 aromatic carbocycles. The summed E-state index contributed by atoms with van der Waals surface area (Å²) >= 11 is -2.03. The van der Waals surface area contributed by atoms with Gasteiger partial charge in [-0.15, -0.1) is 18.2 Å². The van der Waals surface area contributed by atoms with E-state index >= 15 is 0 Å². The summed E-state index contributed by atoms with van der Waals surface area (Å²) in [5, 5.41) is 1.59. The van der Waals surface area contributed by atoms with Gasteiger partial charge < -0.3 is 9.40 Å². The van der Waals surface area contributed by atoms with Crippen molar-refractivity contribution < 1.29 is 31.7 Å². The normalized spacial score (nSPS) is 12.7. The van der Waals surface area contributed by atoms with Crippen molar-refractivity contribution in [1.82, 2.24) is 15.0 Å². The van der Waals surface area contributed by atoms with Gasteiger partial charge in [-0.2, -0.15) is 9.37 Å². The fourth-order valence-corrected chi connectivity index (χ4v) is 8.15. The Morgan fingerprint density at radius 3 is 2.33 bits per heavy atom. The SMILES string of the molecule is [2H]C(C)(C)c1cc(-c2[c-]cccc2)nc[c]1[Ge]([CH3])([CH3])[CH3].[2H]C(C)(C)c1ccnc(-c2[c-]ccc3c2oc2nc(F)ccc23)c1.[Ir]. The minimum atomic E-state index is -2.03. The van der Waals surface area contributed by atoms with Gasteiger partial charge in [-0.3, -0.25) is 0 Å². The molecule has 4 nitrogen and oxygen atoms in total. The van der Waals surface area contributed by atoms with E-state index in [-0.39, 0.29) is 25.8 Å². The Kier molecular flexibility index (Phi) is 9.46. The number of aromatic nitrogens is 3. The summed E-state index contributed by atoms with van der Waals surface area (Å²) in [6.45, 7) is 7.56. The quantitative estimate of drug-likeness (QED) is 0.0990. The zero-order valence-electron chi connectivity index (χ0n) is 27.5. The summed E-state index contributed by atoms with van der Waals surface area (Å²) in [5.74, 6) is 5.13. The molecule has 0 atom stereocenters. The van der Waals surface area contributed by atoms with Crippen molar-refractivity contribution in [2.45, 2.75) is 56.8 Å². The van der Waals surface area contributed by atoms with Crippen molar-refractivity contribution in [3.63, 3.8) is 0 Å². The van der Waals surface area contributed by atoms with E-state index in [1.165, 1.54) is 10.5 Å². The smallest absolute Gasteiger partial charge is 0.218 e. The number of furan rings is 1. The average Bonchev–Trinajstić information content (AvgIpc) is 3.34. The van der Waals surface area contributed by atoms with Crippen molar-refractivity contribution in [2.75, 3.05) is 0 Å². The molecule has 0 saturated heterocycles. The minimum Gasteiger partial charge on any atom is -0.486 e. The molecule has 0 N–H and O–H groups in total. The van der Waals surface area contributed by atoms with Crippen molar-refractivity contribution in [3.05, 3.63) is 108 Å². The fourth-order valence-electron chi connectivity index (χ4n) is 4.83. The summed E-state index contributed by atoms with van der Waals surface area (Å²) in [6, 6.07) is 26.6. The summed E-state index contributed by atoms with van der Waals surface area (Å²) in [7, 11) is 0. The van der Waals surface area contributed by atoms with Gasteiger partial charge in [0.05, 0.1) is 5.58 Å². The van der Waals surface area contributed by atoms with Gasteiger partial charge in [-0.1, -0.05) is 36.4 Å². The minimum absolute atomic E-state index is 0. The molecular formula is C36H36FGeIrN3O-2. The average molecular weight is 813 g/mol. The molecule has 43 heavy (non-hydrogen) atoms. The molecule has 0 unspecified atom stereocenters. The van der Waals surface area contributed by atoms with Gasteiger partial charge in [0, 0.05) is 33.1 Å². The molecule has 6 rings (SSSR count). The maximum Gasteiger partial charge on any atom is 0.218 e. The monoisotopic (exact) mass is 814 g/mol. The molecule has 4 aromatic heterocycles. The second-order valence-electron chi connectivity index (χ2n) is 11.8. The molecule has 223 valence electrons. The van der Waals surface area contributed by atoms with E-state index < -0.39 is 31.0 Å². The van der Waals surface area contributed by atoms with Crippen LogP contribution in [0.4, 0.5) is 4.39 Å². The van der Waals surface area contributed by atoms with Gasteiger partial charge >= 0.3 is 120 Å². The molecule has 0 aliphatic rings. The van der Waals surface area contributed by atoms with Crippen LogP contribution in [0.5, 0.6) is 0 Å². The van der Waals surface area contributed by atoms with E-state index in [0.29, 0.717) is 16.8 Å². The topological polar surface area (TPSA) is 51.8 Å². The number of fused-ring (bicyclic) bond motifs is 3. The van der Waals surface area contributed by atoms with Gasteiger partial charge in [0.25, 0.3) is 0 Å². The summed E-state index contributed by atoms with van der Waals surface area (Å²) < 4.78 is 37.1. The van der Waals surface area contributed by atoms with Crippen LogP contribution in [0.1, 0.15) is 53.4 Å². The summed E-state index contributed by atoms with van der Waals surface area (Å²) in [5.41, 5.74) is 6.03. The number of benzene rings is 2. The van der Waals surface area contributed by atoms with E-state index in [9.17, 15) is 4.39 Å². The van der Waals surface area contributed by atoms with Crippen LogP contribution in [-0.2, 0) is 20.1 Å². The molecule has 0 aliphatic heterocycles. The first-order valence-corrected chi connectivity index (χ1v) is 21.3. The molecule has 6 aromatic rings. The first-order chi connectivity index (χ1) is 20.6. The van der Waals surface area contributed by atoms with E-state index in [4.69, 9.17) is 7.16 Å². The second-order valence-corrected chi connectivity index (χ2v) is 22.3. The van der Waals surface area contributed by atoms with Crippen molar-refractivity contribution in [3.8, 4) is 22.5 Å². The van der Waals surface area contributed by atoms with Crippen LogP contribution >= 0.6 is 0 Å². The molecule has 0 amide bonds. The molecule has 0 fully saturated rings. The Bertz CT molecular complexity index is 1940. The van der Waals surface area contributed by atoms with E-state index in [1.807, 2.05) is 76.4 Å². The van der Waals surface area contributed by atoms with Gasteiger partial charge in [0.1, 0.15) is 0 Å². The Labute approximate surface area is 272 Å². The third kappa shape index (κ3) is 7.31. The number of halogens is 1. The Hall–Kier alpha value is -3.19. The molecule has 4 heterocycles. The van der Waals surface area contributed by atoms with Crippen LogP contribution in [0.3, 0.4) is 0 Å². The van der Waals surface area contributed by atoms with Crippen LogP contribution < -0.4 is 4.40 Å². The van der Waals surface area contributed by atoms with Gasteiger partial charge in [-0.05, 0) is 29.8 Å². The number of hydrogen-bond donors (Lipinski definition) is 0.